The zero-order valence-corrected chi connectivity index (χ0v) is 16.6. The molecule has 0 aromatic carbocycles. The molecular weight excluding hydrogens is 374 g/mol. The Morgan fingerprint density at radius 1 is 1.38 bits per heavy atom. The highest BCUT2D eigenvalue weighted by atomic mass is 16.5. The number of carbonyl (C=O) groups is 1. The van der Waals surface area contributed by atoms with Gasteiger partial charge in [0.2, 0.25) is 5.91 Å². The highest BCUT2D eigenvalue weighted by molar-refractivity contribution is 5.87. The minimum absolute atomic E-state index is 0.00397. The van der Waals surface area contributed by atoms with Crippen molar-refractivity contribution in [3.63, 3.8) is 0 Å². The number of fused-ring (bicyclic) bond motifs is 1. The molecule has 152 valence electrons. The SMILES string of the molecule is C=CC(=O)N(C)C1CC(n2cc(Nc3cn(C)nc3OC)c3nccn3c2=O)C1. The van der Waals surface area contributed by atoms with Gasteiger partial charge in [0.1, 0.15) is 5.69 Å². The van der Waals surface area contributed by atoms with Crippen molar-refractivity contribution < 1.29 is 9.53 Å². The Hall–Kier alpha value is -3.56. The van der Waals surface area contributed by atoms with Crippen molar-refractivity contribution in [2.24, 2.45) is 7.05 Å². The van der Waals surface area contributed by atoms with E-state index in [1.54, 1.807) is 60.1 Å². The number of methoxy groups -OCH3 is 1. The molecule has 0 radical (unpaired) electrons. The Kier molecular flexibility index (Phi) is 4.61. The molecule has 10 nitrogen and oxygen atoms in total. The number of rotatable bonds is 6. The lowest BCUT2D eigenvalue weighted by molar-refractivity contribution is -0.129. The monoisotopic (exact) mass is 397 g/mol. The van der Waals surface area contributed by atoms with E-state index in [2.05, 4.69) is 22.0 Å². The first kappa shape index (κ1) is 18.8. The van der Waals surface area contributed by atoms with Gasteiger partial charge in [-0.25, -0.2) is 14.2 Å². The third-order valence-electron chi connectivity index (χ3n) is 5.39. The number of nitrogens with zero attached hydrogens (tertiary/aromatic N) is 6. The molecule has 3 heterocycles. The molecule has 4 rings (SSSR count). The van der Waals surface area contributed by atoms with Gasteiger partial charge in [-0.15, -0.1) is 5.10 Å². The van der Waals surface area contributed by atoms with Crippen molar-refractivity contribution >= 4 is 22.9 Å². The standard InChI is InChI=1S/C19H23N7O3/c1-5-16(27)24(3)12-8-13(9-12)26-11-14(17-20-6-7-25(17)19(26)28)21-15-10-23(2)22-18(15)29-4/h5-7,10-13,21H,1,8-9H2,2-4H3. The molecule has 3 aromatic heterocycles. The van der Waals surface area contributed by atoms with E-state index in [0.717, 1.165) is 0 Å². The van der Waals surface area contributed by atoms with Gasteiger partial charge in [-0.1, -0.05) is 6.58 Å². The fourth-order valence-corrected chi connectivity index (χ4v) is 3.66. The smallest absolute Gasteiger partial charge is 0.334 e. The summed E-state index contributed by atoms with van der Waals surface area (Å²) in [7, 11) is 5.11. The summed E-state index contributed by atoms with van der Waals surface area (Å²) < 4.78 is 10.2. The minimum Gasteiger partial charge on any atom is -0.478 e. The molecule has 0 unspecified atom stereocenters. The summed E-state index contributed by atoms with van der Waals surface area (Å²) in [5.74, 6) is 0.333. The highest BCUT2D eigenvalue weighted by Crippen LogP contribution is 2.36. The Balaban J connectivity index is 1.66. The summed E-state index contributed by atoms with van der Waals surface area (Å²) in [4.78, 5) is 30.7. The van der Waals surface area contributed by atoms with Crippen LogP contribution >= 0.6 is 0 Å². The van der Waals surface area contributed by atoms with Gasteiger partial charge >= 0.3 is 5.69 Å². The van der Waals surface area contributed by atoms with Gasteiger partial charge < -0.3 is 15.0 Å². The van der Waals surface area contributed by atoms with Crippen LogP contribution in [0.15, 0.2) is 42.2 Å². The highest BCUT2D eigenvalue weighted by Gasteiger charge is 2.35. The average molecular weight is 397 g/mol. The van der Waals surface area contributed by atoms with Gasteiger partial charge in [-0.3, -0.25) is 14.0 Å². The second-order valence-electron chi connectivity index (χ2n) is 7.14. The maximum absolute atomic E-state index is 12.9. The normalized spacial score (nSPS) is 18.3. The van der Waals surface area contributed by atoms with Crippen molar-refractivity contribution in [3.05, 3.63) is 47.9 Å². The van der Waals surface area contributed by atoms with Crippen molar-refractivity contribution in [2.45, 2.75) is 24.9 Å². The number of carbonyl (C=O) groups excluding carboxylic acids is 1. The summed E-state index contributed by atoms with van der Waals surface area (Å²) in [5.41, 5.74) is 1.70. The maximum atomic E-state index is 12.9. The molecule has 29 heavy (non-hydrogen) atoms. The molecule has 0 spiro atoms. The number of aromatic nitrogens is 5. The fraction of sp³-hybridized carbons (Fsp3) is 0.368. The first-order valence-electron chi connectivity index (χ1n) is 9.25. The second-order valence-corrected chi connectivity index (χ2v) is 7.14. The van der Waals surface area contributed by atoms with Gasteiger partial charge in [0.15, 0.2) is 5.65 Å². The molecule has 0 bridgehead atoms. The molecule has 1 fully saturated rings. The van der Waals surface area contributed by atoms with E-state index in [1.165, 1.54) is 10.5 Å². The maximum Gasteiger partial charge on any atom is 0.334 e. The molecule has 3 aromatic rings. The minimum atomic E-state index is -0.164. The van der Waals surface area contributed by atoms with Gasteiger partial charge in [0, 0.05) is 44.8 Å². The molecule has 10 heteroatoms. The summed E-state index contributed by atoms with van der Waals surface area (Å²) in [6.45, 7) is 3.53. The van der Waals surface area contributed by atoms with Crippen LogP contribution < -0.4 is 15.7 Å². The van der Waals surface area contributed by atoms with E-state index < -0.39 is 0 Å². The number of imidazole rings is 1. The third-order valence-corrected chi connectivity index (χ3v) is 5.39. The zero-order chi connectivity index (χ0) is 20.7. The van der Waals surface area contributed by atoms with Crippen LogP contribution in [0.3, 0.4) is 0 Å². The number of ether oxygens (including phenoxy) is 1. The molecule has 1 amide bonds. The lowest BCUT2D eigenvalue weighted by atomic mass is 9.85. The van der Waals surface area contributed by atoms with Crippen LogP contribution in [0, 0.1) is 0 Å². The topological polar surface area (TPSA) is 98.7 Å². The van der Waals surface area contributed by atoms with Gasteiger partial charge in [-0.05, 0) is 18.9 Å². The van der Waals surface area contributed by atoms with Gasteiger partial charge in [0.25, 0.3) is 5.88 Å². The number of likely N-dealkylation sites (N-methyl/N-ethyl adjacent to an activating group) is 1. The third kappa shape index (κ3) is 3.16. The molecule has 1 aliphatic carbocycles. The van der Waals surface area contributed by atoms with Crippen LogP contribution in [0.5, 0.6) is 5.88 Å². The van der Waals surface area contributed by atoms with Gasteiger partial charge in [0.05, 0.1) is 19.0 Å². The fourth-order valence-electron chi connectivity index (χ4n) is 3.66. The van der Waals surface area contributed by atoms with E-state index in [9.17, 15) is 9.59 Å². The molecule has 0 saturated heterocycles. The van der Waals surface area contributed by atoms with Crippen LogP contribution in [0.25, 0.3) is 5.65 Å². The second kappa shape index (κ2) is 7.12. The number of nitrogens with one attached hydrogen (secondary N) is 1. The van der Waals surface area contributed by atoms with Crippen molar-refractivity contribution in [1.82, 2.24) is 28.6 Å². The Morgan fingerprint density at radius 3 is 2.83 bits per heavy atom. The van der Waals surface area contributed by atoms with Crippen LogP contribution in [-0.2, 0) is 11.8 Å². The van der Waals surface area contributed by atoms with Crippen LogP contribution in [-0.4, -0.2) is 54.7 Å². The van der Waals surface area contributed by atoms with E-state index in [1.807, 2.05) is 0 Å². The number of aryl methyl sites for hydroxylation is 1. The summed E-state index contributed by atoms with van der Waals surface area (Å²) in [6.07, 6.45) is 9.50. The number of amides is 1. The number of hydrogen-bond acceptors (Lipinski definition) is 6. The summed E-state index contributed by atoms with van der Waals surface area (Å²) >= 11 is 0. The van der Waals surface area contributed by atoms with E-state index in [4.69, 9.17) is 4.74 Å². The molecule has 0 atom stereocenters. The van der Waals surface area contributed by atoms with E-state index in [-0.39, 0.29) is 23.7 Å². The van der Waals surface area contributed by atoms with Gasteiger partial charge in [-0.2, -0.15) is 0 Å². The number of anilines is 2. The predicted octanol–water partition coefficient (Wildman–Crippen LogP) is 1.33. The first-order chi connectivity index (χ1) is 13.9. The average Bonchev–Trinajstić information content (AvgIpc) is 3.29. The summed E-state index contributed by atoms with van der Waals surface area (Å²) in [5, 5.41) is 7.52. The Bertz CT molecular complexity index is 1140. The zero-order valence-electron chi connectivity index (χ0n) is 16.6. The number of hydrogen-bond donors (Lipinski definition) is 1. The van der Waals surface area contributed by atoms with E-state index in [0.29, 0.717) is 35.7 Å². The lowest BCUT2D eigenvalue weighted by Gasteiger charge is -2.41. The van der Waals surface area contributed by atoms with Crippen LogP contribution in [0.1, 0.15) is 18.9 Å². The van der Waals surface area contributed by atoms with Crippen molar-refractivity contribution in [3.8, 4) is 5.88 Å². The largest absolute Gasteiger partial charge is 0.478 e. The van der Waals surface area contributed by atoms with Crippen LogP contribution in [0.2, 0.25) is 0 Å². The molecule has 1 saturated carbocycles. The predicted molar refractivity (Wildman–Crippen MR) is 108 cm³/mol. The first-order valence-corrected chi connectivity index (χ1v) is 9.25. The quantitative estimate of drug-likeness (QED) is 0.630. The molecular formula is C19H23N7O3. The van der Waals surface area contributed by atoms with E-state index >= 15 is 0 Å². The molecule has 1 N–H and O–H groups in total. The van der Waals surface area contributed by atoms with Crippen molar-refractivity contribution in [1.29, 1.82) is 0 Å². The Labute approximate surface area is 167 Å². The summed E-state index contributed by atoms with van der Waals surface area (Å²) in [6, 6.07) is 0.0846. The lowest BCUT2D eigenvalue weighted by Crippen LogP contribution is -2.48. The molecule has 0 aliphatic heterocycles. The Morgan fingerprint density at radius 2 is 2.14 bits per heavy atom. The molecule has 1 aliphatic rings. The van der Waals surface area contributed by atoms with Crippen molar-refractivity contribution in [2.75, 3.05) is 19.5 Å². The van der Waals surface area contributed by atoms with Crippen LogP contribution in [0.4, 0.5) is 11.4 Å².